The number of rotatable bonds is 3. The van der Waals surface area contributed by atoms with Gasteiger partial charge in [-0.2, -0.15) is 0 Å². The summed E-state index contributed by atoms with van der Waals surface area (Å²) in [5.74, 6) is -0.154. The van der Waals surface area contributed by atoms with Crippen molar-refractivity contribution >= 4 is 34.9 Å². The second-order valence-electron chi connectivity index (χ2n) is 6.32. The maximum Gasteiger partial charge on any atom is 0.319 e. The Morgan fingerprint density at radius 2 is 2.00 bits per heavy atom. The molecule has 0 radical (unpaired) electrons. The van der Waals surface area contributed by atoms with E-state index in [0.717, 1.165) is 17.8 Å². The second kappa shape index (κ2) is 7.74. The van der Waals surface area contributed by atoms with E-state index in [9.17, 15) is 9.59 Å². The first-order valence-electron chi connectivity index (χ1n) is 8.53. The second-order valence-corrected chi connectivity index (χ2v) is 6.73. The van der Waals surface area contributed by atoms with Crippen LogP contribution >= 0.6 is 11.6 Å². The first-order valence-corrected chi connectivity index (χ1v) is 8.91. The molecule has 1 aromatic carbocycles. The number of pyridine rings is 1. The number of benzene rings is 1. The number of carbonyl (C=O) groups is 2. The van der Waals surface area contributed by atoms with Crippen LogP contribution in [0.2, 0.25) is 5.02 Å². The molecule has 1 atom stereocenters. The number of nitrogens with zero attached hydrogens (tertiary/aromatic N) is 2. The van der Waals surface area contributed by atoms with Crippen LogP contribution in [0.1, 0.15) is 24.2 Å². The molecule has 1 unspecified atom stereocenters. The summed E-state index contributed by atoms with van der Waals surface area (Å²) in [7, 11) is 0. The van der Waals surface area contributed by atoms with Crippen molar-refractivity contribution in [1.82, 2.24) is 10.3 Å². The zero-order valence-corrected chi connectivity index (χ0v) is 15.5. The summed E-state index contributed by atoms with van der Waals surface area (Å²) in [6.07, 6.45) is 1.38. The Bertz CT molecular complexity index is 840. The van der Waals surface area contributed by atoms with Gasteiger partial charge in [-0.05, 0) is 51.0 Å². The molecule has 0 saturated carbocycles. The van der Waals surface area contributed by atoms with Gasteiger partial charge >= 0.3 is 6.03 Å². The van der Waals surface area contributed by atoms with Gasteiger partial charge in [-0.25, -0.2) is 4.79 Å². The number of hydrogen-bond donors (Lipinski definition) is 2. The van der Waals surface area contributed by atoms with Crippen molar-refractivity contribution in [2.24, 2.45) is 0 Å². The zero-order chi connectivity index (χ0) is 18.7. The summed E-state index contributed by atoms with van der Waals surface area (Å²) >= 11 is 6.21. The molecular formula is C19H21ClN4O2. The first-order chi connectivity index (χ1) is 12.5. The van der Waals surface area contributed by atoms with Crippen molar-refractivity contribution in [1.29, 1.82) is 0 Å². The van der Waals surface area contributed by atoms with E-state index in [4.69, 9.17) is 11.6 Å². The Hall–Kier alpha value is -2.60. The highest BCUT2D eigenvalue weighted by Gasteiger charge is 2.31. The number of carbonyl (C=O) groups excluding carboxylic acids is 2. The number of para-hydroxylation sites is 1. The molecule has 2 N–H and O–H groups in total. The normalized spacial score (nSPS) is 17.1. The quantitative estimate of drug-likeness (QED) is 0.863. The number of urea groups is 1. The smallest absolute Gasteiger partial charge is 0.319 e. The minimum Gasteiger partial charge on any atom is -0.326 e. The fraction of sp³-hybridized carbons (Fsp3) is 0.316. The molecule has 0 bridgehead atoms. The lowest BCUT2D eigenvalue weighted by atomic mass is 10.0. The van der Waals surface area contributed by atoms with Crippen LogP contribution in [-0.4, -0.2) is 29.5 Å². The van der Waals surface area contributed by atoms with E-state index >= 15 is 0 Å². The van der Waals surface area contributed by atoms with Crippen LogP contribution in [0.5, 0.6) is 0 Å². The minimum atomic E-state index is -0.585. The SMILES string of the molecule is Cc1ccc(NC(=O)NC2CCCN(c3ccccc3Cl)C2=O)c(C)n1. The third kappa shape index (κ3) is 3.96. The molecule has 7 heteroatoms. The summed E-state index contributed by atoms with van der Waals surface area (Å²) in [6.45, 7) is 4.30. The van der Waals surface area contributed by atoms with E-state index in [2.05, 4.69) is 15.6 Å². The summed E-state index contributed by atoms with van der Waals surface area (Å²) in [6, 6.07) is 9.85. The third-order valence-electron chi connectivity index (χ3n) is 4.36. The molecule has 2 heterocycles. The van der Waals surface area contributed by atoms with E-state index in [0.29, 0.717) is 29.4 Å². The van der Waals surface area contributed by atoms with Crippen LogP contribution in [0.25, 0.3) is 0 Å². The monoisotopic (exact) mass is 372 g/mol. The predicted octanol–water partition coefficient (Wildman–Crippen LogP) is 3.67. The average molecular weight is 373 g/mol. The van der Waals surface area contributed by atoms with E-state index in [1.54, 1.807) is 17.0 Å². The lowest BCUT2D eigenvalue weighted by Crippen LogP contribution is -2.53. The largest absolute Gasteiger partial charge is 0.326 e. The van der Waals surface area contributed by atoms with Gasteiger partial charge in [0.05, 0.1) is 22.1 Å². The maximum absolute atomic E-state index is 12.8. The van der Waals surface area contributed by atoms with Gasteiger partial charge < -0.3 is 15.5 Å². The molecule has 1 aliphatic rings. The molecule has 1 fully saturated rings. The highest BCUT2D eigenvalue weighted by Crippen LogP contribution is 2.28. The summed E-state index contributed by atoms with van der Waals surface area (Å²) in [4.78, 5) is 31.1. The van der Waals surface area contributed by atoms with Gasteiger partial charge in [0.15, 0.2) is 0 Å². The Morgan fingerprint density at radius 3 is 2.73 bits per heavy atom. The van der Waals surface area contributed by atoms with Gasteiger partial charge in [-0.15, -0.1) is 0 Å². The van der Waals surface area contributed by atoms with Crippen molar-refractivity contribution in [3.05, 3.63) is 52.8 Å². The summed E-state index contributed by atoms with van der Waals surface area (Å²) in [5, 5.41) is 6.05. The van der Waals surface area contributed by atoms with Crippen molar-refractivity contribution in [3.63, 3.8) is 0 Å². The van der Waals surface area contributed by atoms with E-state index < -0.39 is 12.1 Å². The van der Waals surface area contributed by atoms with Crippen LogP contribution in [0.4, 0.5) is 16.2 Å². The van der Waals surface area contributed by atoms with Gasteiger partial charge in [0.2, 0.25) is 5.91 Å². The fourth-order valence-corrected chi connectivity index (χ4v) is 3.29. The van der Waals surface area contributed by atoms with E-state index in [1.807, 2.05) is 38.1 Å². The number of anilines is 2. The van der Waals surface area contributed by atoms with Crippen molar-refractivity contribution in [3.8, 4) is 0 Å². The molecule has 1 aliphatic heterocycles. The van der Waals surface area contributed by atoms with Crippen LogP contribution in [0.15, 0.2) is 36.4 Å². The molecule has 1 aromatic heterocycles. The fourth-order valence-electron chi connectivity index (χ4n) is 3.05. The van der Waals surface area contributed by atoms with Crippen molar-refractivity contribution in [2.75, 3.05) is 16.8 Å². The molecule has 3 rings (SSSR count). The number of aryl methyl sites for hydroxylation is 2. The maximum atomic E-state index is 12.8. The highest BCUT2D eigenvalue weighted by atomic mass is 35.5. The van der Waals surface area contributed by atoms with Gasteiger partial charge in [0, 0.05) is 12.2 Å². The van der Waals surface area contributed by atoms with E-state index in [1.165, 1.54) is 0 Å². The Kier molecular flexibility index (Phi) is 5.42. The molecule has 2 aromatic rings. The molecule has 6 nitrogen and oxygen atoms in total. The molecule has 3 amide bonds. The number of hydrogen-bond acceptors (Lipinski definition) is 3. The minimum absolute atomic E-state index is 0.154. The molecule has 0 aliphatic carbocycles. The molecule has 1 saturated heterocycles. The Labute approximate surface area is 157 Å². The lowest BCUT2D eigenvalue weighted by molar-refractivity contribution is -0.121. The van der Waals surface area contributed by atoms with Crippen LogP contribution in [0.3, 0.4) is 0 Å². The summed E-state index contributed by atoms with van der Waals surface area (Å²) in [5.41, 5.74) is 2.91. The standard InChI is InChI=1S/C19H21ClN4O2/c1-12-9-10-15(13(2)21-12)22-19(26)23-16-7-5-11-24(18(16)25)17-8-4-3-6-14(17)20/h3-4,6,8-10,16H,5,7,11H2,1-2H3,(H2,22,23,26). The molecule has 26 heavy (non-hydrogen) atoms. The molecular weight excluding hydrogens is 352 g/mol. The number of piperidine rings is 1. The topological polar surface area (TPSA) is 74.3 Å². The highest BCUT2D eigenvalue weighted by molar-refractivity contribution is 6.33. The molecule has 136 valence electrons. The number of amides is 3. The predicted molar refractivity (Wildman–Crippen MR) is 103 cm³/mol. The number of nitrogens with one attached hydrogen (secondary N) is 2. The third-order valence-corrected chi connectivity index (χ3v) is 4.68. The van der Waals surface area contributed by atoms with Crippen LogP contribution in [-0.2, 0) is 4.79 Å². The van der Waals surface area contributed by atoms with Crippen molar-refractivity contribution < 1.29 is 9.59 Å². The summed E-state index contributed by atoms with van der Waals surface area (Å²) < 4.78 is 0. The first kappa shape index (κ1) is 18.2. The van der Waals surface area contributed by atoms with Gasteiger partial charge in [0.25, 0.3) is 0 Å². The Morgan fingerprint density at radius 1 is 1.23 bits per heavy atom. The van der Waals surface area contributed by atoms with E-state index in [-0.39, 0.29) is 5.91 Å². The van der Waals surface area contributed by atoms with Crippen LogP contribution in [0, 0.1) is 13.8 Å². The van der Waals surface area contributed by atoms with Crippen LogP contribution < -0.4 is 15.5 Å². The van der Waals surface area contributed by atoms with Gasteiger partial charge in [0.1, 0.15) is 6.04 Å². The van der Waals surface area contributed by atoms with Gasteiger partial charge in [-0.3, -0.25) is 9.78 Å². The Balaban J connectivity index is 1.68. The van der Waals surface area contributed by atoms with Crippen molar-refractivity contribution in [2.45, 2.75) is 32.7 Å². The van der Waals surface area contributed by atoms with Gasteiger partial charge in [-0.1, -0.05) is 23.7 Å². The average Bonchev–Trinajstić information content (AvgIpc) is 2.60. The lowest BCUT2D eigenvalue weighted by Gasteiger charge is -2.33. The molecule has 0 spiro atoms. The number of halogens is 1. The number of aromatic nitrogens is 1. The zero-order valence-electron chi connectivity index (χ0n) is 14.8.